The van der Waals surface area contributed by atoms with Crippen LogP contribution in [0.3, 0.4) is 0 Å². The van der Waals surface area contributed by atoms with E-state index >= 15 is 0 Å². The first-order valence-corrected chi connectivity index (χ1v) is 5.62. The highest BCUT2D eigenvalue weighted by Crippen LogP contribution is 2.23. The molecule has 0 unspecified atom stereocenters. The number of rotatable bonds is 2. The van der Waals surface area contributed by atoms with E-state index in [1.54, 1.807) is 0 Å². The van der Waals surface area contributed by atoms with E-state index in [-0.39, 0.29) is 6.54 Å². The lowest BCUT2D eigenvalue weighted by molar-refractivity contribution is -0.165. The summed E-state index contributed by atoms with van der Waals surface area (Å²) in [7, 11) is 0. The summed E-state index contributed by atoms with van der Waals surface area (Å²) in [6.07, 6.45) is -4.16. The molecule has 0 aliphatic carbocycles. The van der Waals surface area contributed by atoms with Gasteiger partial charge in [0.25, 0.3) is 0 Å². The lowest BCUT2D eigenvalue weighted by atomic mass is 10.1. The van der Waals surface area contributed by atoms with Gasteiger partial charge in [0.15, 0.2) is 0 Å². The molecule has 1 N–H and O–H groups in total. The van der Waals surface area contributed by atoms with Gasteiger partial charge in [-0.25, -0.2) is 0 Å². The highest BCUT2D eigenvalue weighted by atomic mass is 19.4. The number of nitrogens with one attached hydrogen (secondary N) is 1. The van der Waals surface area contributed by atoms with Crippen LogP contribution in [0.1, 0.15) is 5.56 Å². The fourth-order valence-corrected chi connectivity index (χ4v) is 2.02. The normalized spacial score (nSPS) is 22.6. The van der Waals surface area contributed by atoms with Gasteiger partial charge in [-0.2, -0.15) is 13.2 Å². The Balaban J connectivity index is 1.94. The topological polar surface area (TPSA) is 15.3 Å². The van der Waals surface area contributed by atoms with Crippen molar-refractivity contribution < 1.29 is 13.2 Å². The molecule has 5 heteroatoms. The Morgan fingerprint density at radius 1 is 1.24 bits per heavy atom. The van der Waals surface area contributed by atoms with Crippen LogP contribution in [0, 0.1) is 0 Å². The lowest BCUT2D eigenvalue weighted by Gasteiger charge is -2.34. The van der Waals surface area contributed by atoms with Crippen molar-refractivity contribution in [3.8, 4) is 0 Å². The Morgan fingerprint density at radius 3 is 2.59 bits per heavy atom. The summed E-state index contributed by atoms with van der Waals surface area (Å²) in [6, 6.07) is 8.17. The smallest absolute Gasteiger partial charge is 0.304 e. The van der Waals surface area contributed by atoms with Gasteiger partial charge in [0.2, 0.25) is 0 Å². The van der Waals surface area contributed by atoms with Crippen molar-refractivity contribution in [2.24, 2.45) is 0 Å². The molecule has 2 rings (SSSR count). The number of hydrogen-bond acceptors (Lipinski definition) is 2. The molecule has 0 radical (unpaired) electrons. The number of benzene rings is 1. The largest absolute Gasteiger partial charge is 0.405 e. The molecule has 0 bridgehead atoms. The number of piperazine rings is 1. The molecule has 1 saturated heterocycles. The van der Waals surface area contributed by atoms with Crippen molar-refractivity contribution in [1.29, 1.82) is 0 Å². The highest BCUT2D eigenvalue weighted by molar-refractivity contribution is 5.14. The predicted octanol–water partition coefficient (Wildman–Crippen LogP) is 2.02. The second kappa shape index (κ2) is 5.06. The van der Waals surface area contributed by atoms with Crippen molar-refractivity contribution in [2.45, 2.75) is 18.8 Å². The van der Waals surface area contributed by atoms with Crippen molar-refractivity contribution >= 4 is 0 Å². The van der Waals surface area contributed by atoms with E-state index in [2.05, 4.69) is 5.32 Å². The molecule has 0 saturated carbocycles. The Labute approximate surface area is 98.4 Å². The zero-order valence-corrected chi connectivity index (χ0v) is 9.37. The number of hydrogen-bond donors (Lipinski definition) is 1. The molecule has 2 nitrogen and oxygen atoms in total. The van der Waals surface area contributed by atoms with E-state index < -0.39 is 12.2 Å². The minimum Gasteiger partial charge on any atom is -0.304 e. The average Bonchev–Trinajstić information content (AvgIpc) is 2.29. The molecule has 1 aliphatic rings. The van der Waals surface area contributed by atoms with Crippen LogP contribution in [-0.2, 0) is 6.54 Å². The minimum atomic E-state index is -4.16. The summed E-state index contributed by atoms with van der Waals surface area (Å²) in [5, 5.41) is 2.51. The number of alkyl halides is 3. The third-order valence-corrected chi connectivity index (χ3v) is 2.90. The number of nitrogens with zero attached hydrogens (tertiary/aromatic N) is 1. The maximum atomic E-state index is 12.6. The first-order valence-electron chi connectivity index (χ1n) is 5.62. The van der Waals surface area contributed by atoms with Crippen molar-refractivity contribution in [3.63, 3.8) is 0 Å². The summed E-state index contributed by atoms with van der Waals surface area (Å²) >= 11 is 0. The van der Waals surface area contributed by atoms with Gasteiger partial charge in [-0.05, 0) is 5.56 Å². The van der Waals surface area contributed by atoms with Crippen molar-refractivity contribution in [1.82, 2.24) is 10.2 Å². The fraction of sp³-hybridized carbons (Fsp3) is 0.500. The van der Waals surface area contributed by atoms with Gasteiger partial charge in [0.05, 0.1) is 0 Å². The standard InChI is InChI=1S/C12H15F3N2/c13-12(14,15)11-9-17(7-6-16-11)8-10-4-2-1-3-5-10/h1-5,11,16H,6-9H2/t11-/m0/s1. The van der Waals surface area contributed by atoms with E-state index in [1.807, 2.05) is 35.2 Å². The quantitative estimate of drug-likeness (QED) is 0.856. The molecular weight excluding hydrogens is 229 g/mol. The van der Waals surface area contributed by atoms with Gasteiger partial charge in [0.1, 0.15) is 6.04 Å². The van der Waals surface area contributed by atoms with Crippen molar-refractivity contribution in [3.05, 3.63) is 35.9 Å². The predicted molar refractivity (Wildman–Crippen MR) is 59.6 cm³/mol. The molecule has 0 amide bonds. The molecule has 0 spiro atoms. The van der Waals surface area contributed by atoms with Crippen LogP contribution in [0.25, 0.3) is 0 Å². The summed E-state index contributed by atoms with van der Waals surface area (Å²) in [5.41, 5.74) is 1.05. The summed E-state index contributed by atoms with van der Waals surface area (Å²) in [5.74, 6) is 0. The van der Waals surface area contributed by atoms with Crippen LogP contribution in [0.2, 0.25) is 0 Å². The van der Waals surface area contributed by atoms with Gasteiger partial charge < -0.3 is 5.32 Å². The first-order chi connectivity index (χ1) is 8.05. The Hall–Kier alpha value is -1.07. The Kier molecular flexibility index (Phi) is 3.69. The Bertz CT molecular complexity index is 351. The van der Waals surface area contributed by atoms with Crippen LogP contribution in [0.4, 0.5) is 13.2 Å². The summed E-state index contributed by atoms with van der Waals surface area (Å²) < 4.78 is 37.7. The molecule has 0 aromatic heterocycles. The molecule has 1 fully saturated rings. The molecule has 1 heterocycles. The van der Waals surface area contributed by atoms with Crippen LogP contribution >= 0.6 is 0 Å². The molecule has 1 aromatic rings. The van der Waals surface area contributed by atoms with E-state index in [9.17, 15) is 13.2 Å². The molecule has 1 aromatic carbocycles. The highest BCUT2D eigenvalue weighted by Gasteiger charge is 2.41. The third kappa shape index (κ3) is 3.44. The average molecular weight is 244 g/mol. The van der Waals surface area contributed by atoms with Crippen LogP contribution < -0.4 is 5.32 Å². The molecule has 94 valence electrons. The molecule has 1 aliphatic heterocycles. The summed E-state index contributed by atoms with van der Waals surface area (Å²) in [4.78, 5) is 1.84. The second-order valence-corrected chi connectivity index (χ2v) is 4.27. The molecule has 1 atom stereocenters. The van der Waals surface area contributed by atoms with E-state index in [4.69, 9.17) is 0 Å². The van der Waals surface area contributed by atoms with Gasteiger partial charge in [0, 0.05) is 26.2 Å². The Morgan fingerprint density at radius 2 is 1.94 bits per heavy atom. The van der Waals surface area contributed by atoms with Crippen molar-refractivity contribution in [2.75, 3.05) is 19.6 Å². The zero-order chi connectivity index (χ0) is 12.3. The lowest BCUT2D eigenvalue weighted by Crippen LogP contribution is -2.56. The van der Waals surface area contributed by atoms with Crippen LogP contribution in [0.5, 0.6) is 0 Å². The van der Waals surface area contributed by atoms with E-state index in [0.29, 0.717) is 19.6 Å². The van der Waals surface area contributed by atoms with E-state index in [1.165, 1.54) is 0 Å². The molecule has 17 heavy (non-hydrogen) atoms. The first kappa shape index (κ1) is 12.4. The van der Waals surface area contributed by atoms with Crippen LogP contribution in [-0.4, -0.2) is 36.8 Å². The SMILES string of the molecule is FC(F)(F)[C@@H]1CN(Cc2ccccc2)CCN1. The monoisotopic (exact) mass is 244 g/mol. The maximum absolute atomic E-state index is 12.6. The van der Waals surface area contributed by atoms with Gasteiger partial charge >= 0.3 is 6.18 Å². The zero-order valence-electron chi connectivity index (χ0n) is 9.37. The van der Waals surface area contributed by atoms with E-state index in [0.717, 1.165) is 5.56 Å². The number of halogens is 3. The maximum Gasteiger partial charge on any atom is 0.405 e. The third-order valence-electron chi connectivity index (χ3n) is 2.90. The van der Waals surface area contributed by atoms with Gasteiger partial charge in [-0.3, -0.25) is 4.90 Å². The molecular formula is C12H15F3N2. The minimum absolute atomic E-state index is 0.0262. The summed E-state index contributed by atoms with van der Waals surface area (Å²) in [6.45, 7) is 1.64. The van der Waals surface area contributed by atoms with Gasteiger partial charge in [-0.15, -0.1) is 0 Å². The van der Waals surface area contributed by atoms with Gasteiger partial charge in [-0.1, -0.05) is 30.3 Å². The second-order valence-electron chi connectivity index (χ2n) is 4.27. The fourth-order valence-electron chi connectivity index (χ4n) is 2.02. The van der Waals surface area contributed by atoms with Crippen LogP contribution in [0.15, 0.2) is 30.3 Å².